The molecule has 1 aromatic rings. The van der Waals surface area contributed by atoms with Gasteiger partial charge in [-0.05, 0) is 24.6 Å². The number of aliphatic imine (C=N–C) groups is 1. The molecule has 0 unspecified atom stereocenters. The van der Waals surface area contributed by atoms with Crippen LogP contribution in [0.2, 0.25) is 0 Å². The number of nitrogens with zero attached hydrogens (tertiary/aromatic N) is 3. The van der Waals surface area contributed by atoms with Crippen LogP contribution in [0.4, 0.5) is 9.18 Å². The van der Waals surface area contributed by atoms with E-state index in [0.29, 0.717) is 25.6 Å². The van der Waals surface area contributed by atoms with E-state index in [1.165, 1.54) is 12.1 Å². The molecule has 0 saturated carbocycles. The van der Waals surface area contributed by atoms with Crippen LogP contribution in [-0.2, 0) is 11.3 Å². The number of guanidine groups is 1. The Morgan fingerprint density at radius 1 is 1.46 bits per heavy atom. The Morgan fingerprint density at radius 3 is 2.88 bits per heavy atom. The fraction of sp³-hybridized carbons (Fsp3) is 0.438. The van der Waals surface area contributed by atoms with E-state index in [1.54, 1.807) is 6.07 Å². The first-order valence-corrected chi connectivity index (χ1v) is 7.83. The zero-order valence-corrected chi connectivity index (χ0v) is 13.9. The van der Waals surface area contributed by atoms with Crippen molar-refractivity contribution in [2.24, 2.45) is 4.99 Å². The molecule has 1 fully saturated rings. The lowest BCUT2D eigenvalue weighted by atomic mass is 10.2. The number of benzene rings is 1. The zero-order chi connectivity index (χ0) is 17.5. The van der Waals surface area contributed by atoms with E-state index in [2.05, 4.69) is 15.6 Å². The molecule has 130 valence electrons. The van der Waals surface area contributed by atoms with Gasteiger partial charge in [0.15, 0.2) is 5.96 Å². The molecule has 0 spiro atoms. The SMILES string of the molecule is CCNC(=NCCN1C(=O)CNC1=O)N(C)Cc1cccc(F)c1. The molecule has 3 amide bonds. The average molecular weight is 335 g/mol. The summed E-state index contributed by atoms with van der Waals surface area (Å²) < 4.78 is 13.3. The molecule has 2 rings (SSSR count). The molecular weight excluding hydrogens is 313 g/mol. The normalized spacial score (nSPS) is 14.8. The number of rotatable bonds is 6. The highest BCUT2D eigenvalue weighted by molar-refractivity contribution is 6.01. The maximum atomic E-state index is 13.3. The largest absolute Gasteiger partial charge is 0.357 e. The first-order chi connectivity index (χ1) is 11.5. The van der Waals surface area contributed by atoms with Gasteiger partial charge in [0.2, 0.25) is 5.91 Å². The van der Waals surface area contributed by atoms with Crippen molar-refractivity contribution in [3.63, 3.8) is 0 Å². The van der Waals surface area contributed by atoms with Crippen LogP contribution in [0.25, 0.3) is 0 Å². The summed E-state index contributed by atoms with van der Waals surface area (Å²) >= 11 is 0. The minimum Gasteiger partial charge on any atom is -0.357 e. The molecule has 1 aliphatic rings. The lowest BCUT2D eigenvalue weighted by Crippen LogP contribution is -2.39. The van der Waals surface area contributed by atoms with Crippen molar-refractivity contribution in [1.82, 2.24) is 20.4 Å². The van der Waals surface area contributed by atoms with E-state index in [1.807, 2.05) is 24.9 Å². The average Bonchev–Trinajstić information content (AvgIpc) is 2.85. The molecule has 1 saturated heterocycles. The molecule has 7 nitrogen and oxygen atoms in total. The fourth-order valence-corrected chi connectivity index (χ4v) is 2.39. The summed E-state index contributed by atoms with van der Waals surface area (Å²) in [6, 6.07) is 6.01. The van der Waals surface area contributed by atoms with Crippen molar-refractivity contribution in [2.75, 3.05) is 33.2 Å². The summed E-state index contributed by atoms with van der Waals surface area (Å²) in [6.07, 6.45) is 0. The van der Waals surface area contributed by atoms with Crippen molar-refractivity contribution in [3.8, 4) is 0 Å². The summed E-state index contributed by atoms with van der Waals surface area (Å²) in [4.78, 5) is 30.4. The third-order valence-corrected chi connectivity index (χ3v) is 3.53. The van der Waals surface area contributed by atoms with Gasteiger partial charge in [-0.2, -0.15) is 0 Å². The number of carbonyl (C=O) groups is 2. The Balaban J connectivity index is 1.96. The highest BCUT2D eigenvalue weighted by Crippen LogP contribution is 2.06. The first-order valence-electron chi connectivity index (χ1n) is 7.83. The Labute approximate surface area is 140 Å². The molecule has 0 bridgehead atoms. The van der Waals surface area contributed by atoms with Crippen LogP contribution >= 0.6 is 0 Å². The molecule has 1 aliphatic heterocycles. The van der Waals surface area contributed by atoms with Gasteiger partial charge in [0.1, 0.15) is 5.82 Å². The summed E-state index contributed by atoms with van der Waals surface area (Å²) in [5.41, 5.74) is 0.831. The number of amides is 3. The van der Waals surface area contributed by atoms with Gasteiger partial charge in [0.05, 0.1) is 19.6 Å². The van der Waals surface area contributed by atoms with Crippen LogP contribution in [0.5, 0.6) is 0 Å². The summed E-state index contributed by atoms with van der Waals surface area (Å²) in [5, 5.41) is 5.61. The molecule has 24 heavy (non-hydrogen) atoms. The summed E-state index contributed by atoms with van der Waals surface area (Å²) in [6.45, 7) is 3.69. The second kappa shape index (κ2) is 8.28. The van der Waals surface area contributed by atoms with Crippen LogP contribution in [0.1, 0.15) is 12.5 Å². The van der Waals surface area contributed by atoms with Crippen molar-refractivity contribution in [1.29, 1.82) is 0 Å². The van der Waals surface area contributed by atoms with Gasteiger partial charge >= 0.3 is 6.03 Å². The monoisotopic (exact) mass is 335 g/mol. The predicted molar refractivity (Wildman–Crippen MR) is 89.0 cm³/mol. The van der Waals surface area contributed by atoms with E-state index >= 15 is 0 Å². The lowest BCUT2D eigenvalue weighted by Gasteiger charge is -2.22. The van der Waals surface area contributed by atoms with Crippen LogP contribution in [0.15, 0.2) is 29.3 Å². The summed E-state index contributed by atoms with van der Waals surface area (Å²) in [7, 11) is 1.85. The van der Waals surface area contributed by atoms with Crippen molar-refractivity contribution >= 4 is 17.9 Å². The van der Waals surface area contributed by atoms with Gasteiger partial charge in [-0.25, -0.2) is 9.18 Å². The van der Waals surface area contributed by atoms with Crippen molar-refractivity contribution in [3.05, 3.63) is 35.6 Å². The van der Waals surface area contributed by atoms with Gasteiger partial charge < -0.3 is 15.5 Å². The molecule has 0 atom stereocenters. The van der Waals surface area contributed by atoms with E-state index < -0.39 is 0 Å². The van der Waals surface area contributed by atoms with Crippen LogP contribution in [-0.4, -0.2) is 60.9 Å². The van der Waals surface area contributed by atoms with Crippen LogP contribution in [0, 0.1) is 5.82 Å². The van der Waals surface area contributed by atoms with E-state index in [0.717, 1.165) is 10.5 Å². The third-order valence-electron chi connectivity index (χ3n) is 3.53. The maximum absolute atomic E-state index is 13.3. The molecule has 2 N–H and O–H groups in total. The lowest BCUT2D eigenvalue weighted by molar-refractivity contribution is -0.124. The Morgan fingerprint density at radius 2 is 2.25 bits per heavy atom. The van der Waals surface area contributed by atoms with Gasteiger partial charge in [-0.15, -0.1) is 0 Å². The minimum atomic E-state index is -0.381. The predicted octanol–water partition coefficient (Wildman–Crippen LogP) is 0.775. The van der Waals surface area contributed by atoms with Gasteiger partial charge in [0.25, 0.3) is 0 Å². The molecule has 0 aliphatic carbocycles. The summed E-state index contributed by atoms with van der Waals surface area (Å²) in [5.74, 6) is 0.114. The first kappa shape index (κ1) is 17.7. The van der Waals surface area contributed by atoms with E-state index in [-0.39, 0.29) is 30.8 Å². The molecular formula is C16H22FN5O2. The minimum absolute atomic E-state index is 0.0437. The molecule has 0 radical (unpaired) electrons. The molecule has 0 aromatic heterocycles. The van der Waals surface area contributed by atoms with Gasteiger partial charge in [-0.3, -0.25) is 14.7 Å². The molecule has 1 aromatic carbocycles. The Kier molecular flexibility index (Phi) is 6.11. The number of urea groups is 1. The quantitative estimate of drug-likeness (QED) is 0.457. The standard InChI is InChI=1S/C16H22FN5O2/c1-3-18-15(19-7-8-22-14(23)10-20-16(22)24)21(2)11-12-5-4-6-13(17)9-12/h4-6,9H,3,7-8,10-11H2,1-2H3,(H,18,19)(H,20,24). The second-order valence-electron chi connectivity index (χ2n) is 5.43. The second-order valence-corrected chi connectivity index (χ2v) is 5.43. The number of hydrogen-bond acceptors (Lipinski definition) is 3. The molecule has 8 heteroatoms. The Bertz CT molecular complexity index is 619. The Hall–Kier alpha value is -2.64. The van der Waals surface area contributed by atoms with Gasteiger partial charge in [-0.1, -0.05) is 12.1 Å². The number of halogens is 1. The number of imide groups is 1. The van der Waals surface area contributed by atoms with Crippen LogP contribution in [0.3, 0.4) is 0 Å². The number of carbonyl (C=O) groups excluding carboxylic acids is 2. The van der Waals surface area contributed by atoms with E-state index in [9.17, 15) is 14.0 Å². The number of hydrogen-bond donors (Lipinski definition) is 2. The van der Waals surface area contributed by atoms with Crippen molar-refractivity contribution < 1.29 is 14.0 Å². The van der Waals surface area contributed by atoms with E-state index in [4.69, 9.17) is 0 Å². The topological polar surface area (TPSA) is 77.0 Å². The smallest absolute Gasteiger partial charge is 0.324 e. The maximum Gasteiger partial charge on any atom is 0.324 e. The fourth-order valence-electron chi connectivity index (χ4n) is 2.39. The third kappa shape index (κ3) is 4.68. The van der Waals surface area contributed by atoms with Crippen molar-refractivity contribution in [2.45, 2.75) is 13.5 Å². The van der Waals surface area contributed by atoms with Gasteiger partial charge in [0, 0.05) is 20.1 Å². The highest BCUT2D eigenvalue weighted by Gasteiger charge is 2.27. The highest BCUT2D eigenvalue weighted by atomic mass is 19.1. The zero-order valence-electron chi connectivity index (χ0n) is 13.9. The number of nitrogens with one attached hydrogen (secondary N) is 2. The molecule has 1 heterocycles. The van der Waals surface area contributed by atoms with Crippen LogP contribution < -0.4 is 10.6 Å².